The molecule has 1 aliphatic carbocycles. The van der Waals surface area contributed by atoms with Crippen molar-refractivity contribution in [1.29, 1.82) is 0 Å². The summed E-state index contributed by atoms with van der Waals surface area (Å²) in [5, 5.41) is 16.4. The molecule has 4 aromatic rings. The quantitative estimate of drug-likeness (QED) is 0.346. The summed E-state index contributed by atoms with van der Waals surface area (Å²) in [6, 6.07) is 4.48. The molecule has 1 saturated heterocycles. The summed E-state index contributed by atoms with van der Waals surface area (Å²) in [4.78, 5) is 15.9. The number of nitrogens with one attached hydrogen (secondary N) is 2. The van der Waals surface area contributed by atoms with E-state index < -0.39 is 10.0 Å². The Hall–Kier alpha value is -3.58. The normalized spacial score (nSPS) is 17.0. The third-order valence-corrected chi connectivity index (χ3v) is 9.24. The number of fused-ring (bicyclic) bond motifs is 1. The van der Waals surface area contributed by atoms with E-state index in [4.69, 9.17) is 5.10 Å². The van der Waals surface area contributed by atoms with E-state index in [0.29, 0.717) is 41.9 Å². The highest BCUT2D eigenvalue weighted by Gasteiger charge is 2.37. The molecule has 1 aliphatic heterocycles. The second kappa shape index (κ2) is 9.62. The summed E-state index contributed by atoms with van der Waals surface area (Å²) in [5.41, 5.74) is 1.54. The minimum atomic E-state index is -3.44. The molecule has 2 aliphatic rings. The molecule has 0 spiro atoms. The molecule has 13 heteroatoms. The van der Waals surface area contributed by atoms with Crippen molar-refractivity contribution in [3.8, 4) is 11.4 Å². The molecule has 2 fully saturated rings. The standard InChI is InChI=1S/C25H32N10O2S/c1-16(2)35-21-12-23(28-14-20(21)25(32-35)33-10-7-18(26-3)8-11-33)30-22-6-9-27-24(31-22)17-13-29-34(15-17)38(36,37)19-4-5-19/h6,9,12-16,18-19,26H,4-5,7-8,10-11H2,1-3H3,(H,27,28,30,31). The lowest BCUT2D eigenvalue weighted by molar-refractivity contribution is 0.439. The lowest BCUT2D eigenvalue weighted by Gasteiger charge is -2.32. The molecular formula is C25H32N10O2S. The molecule has 6 rings (SSSR count). The highest BCUT2D eigenvalue weighted by Crippen LogP contribution is 2.32. The Morgan fingerprint density at radius 1 is 1.05 bits per heavy atom. The van der Waals surface area contributed by atoms with Gasteiger partial charge in [0.15, 0.2) is 11.6 Å². The Labute approximate surface area is 221 Å². The van der Waals surface area contributed by atoms with Crippen molar-refractivity contribution in [2.24, 2.45) is 0 Å². The average molecular weight is 537 g/mol. The Morgan fingerprint density at radius 3 is 2.55 bits per heavy atom. The van der Waals surface area contributed by atoms with Gasteiger partial charge in [-0.2, -0.15) is 14.3 Å². The average Bonchev–Trinajstić information content (AvgIpc) is 3.54. The molecule has 0 aromatic carbocycles. The number of nitrogens with zero attached hydrogens (tertiary/aromatic N) is 8. The maximum absolute atomic E-state index is 12.5. The van der Waals surface area contributed by atoms with Gasteiger partial charge in [-0.05, 0) is 52.6 Å². The van der Waals surface area contributed by atoms with Crippen molar-refractivity contribution in [2.75, 3.05) is 30.4 Å². The van der Waals surface area contributed by atoms with E-state index in [9.17, 15) is 8.42 Å². The third-order valence-electron chi connectivity index (χ3n) is 7.20. The minimum Gasteiger partial charge on any atom is -0.354 e. The monoisotopic (exact) mass is 536 g/mol. The molecule has 2 N–H and O–H groups in total. The van der Waals surface area contributed by atoms with Crippen LogP contribution in [0, 0.1) is 0 Å². The smallest absolute Gasteiger partial charge is 0.256 e. The first-order valence-electron chi connectivity index (χ1n) is 13.0. The number of piperidine rings is 1. The fourth-order valence-corrected chi connectivity index (χ4v) is 6.34. The Morgan fingerprint density at radius 2 is 1.84 bits per heavy atom. The van der Waals surface area contributed by atoms with E-state index >= 15 is 0 Å². The summed E-state index contributed by atoms with van der Waals surface area (Å²) >= 11 is 0. The van der Waals surface area contributed by atoms with Crippen LogP contribution in [0.3, 0.4) is 0 Å². The highest BCUT2D eigenvalue weighted by molar-refractivity contribution is 7.90. The van der Waals surface area contributed by atoms with E-state index in [-0.39, 0.29) is 11.3 Å². The maximum Gasteiger partial charge on any atom is 0.256 e. The first-order valence-corrected chi connectivity index (χ1v) is 14.5. The van der Waals surface area contributed by atoms with Crippen molar-refractivity contribution < 1.29 is 8.42 Å². The molecule has 0 atom stereocenters. The molecule has 0 bridgehead atoms. The molecule has 12 nitrogen and oxygen atoms in total. The van der Waals surface area contributed by atoms with Crippen LogP contribution in [-0.4, -0.2) is 73.8 Å². The van der Waals surface area contributed by atoms with E-state index in [1.165, 1.54) is 12.4 Å². The van der Waals surface area contributed by atoms with Crippen molar-refractivity contribution >= 4 is 38.4 Å². The van der Waals surface area contributed by atoms with Crippen molar-refractivity contribution in [3.05, 3.63) is 36.9 Å². The second-order valence-electron chi connectivity index (χ2n) is 10.2. The van der Waals surface area contributed by atoms with Gasteiger partial charge in [0.05, 0.1) is 34.1 Å². The number of hydrogen-bond donors (Lipinski definition) is 2. The molecule has 0 amide bonds. The first-order chi connectivity index (χ1) is 18.3. The van der Waals surface area contributed by atoms with Gasteiger partial charge in [0.25, 0.3) is 10.0 Å². The lowest BCUT2D eigenvalue weighted by Crippen LogP contribution is -2.41. The molecule has 200 valence electrons. The molecule has 4 aromatic heterocycles. The van der Waals surface area contributed by atoms with Crippen molar-refractivity contribution in [2.45, 2.75) is 56.9 Å². The Kier molecular flexibility index (Phi) is 6.26. The van der Waals surface area contributed by atoms with Crippen LogP contribution >= 0.6 is 0 Å². The van der Waals surface area contributed by atoms with Crippen molar-refractivity contribution in [3.63, 3.8) is 0 Å². The van der Waals surface area contributed by atoms with E-state index in [0.717, 1.165) is 46.7 Å². The fourth-order valence-electron chi connectivity index (χ4n) is 4.87. The summed E-state index contributed by atoms with van der Waals surface area (Å²) in [6.07, 6.45) is 9.97. The van der Waals surface area contributed by atoms with E-state index in [1.807, 2.05) is 24.0 Å². The summed E-state index contributed by atoms with van der Waals surface area (Å²) in [7, 11) is -1.42. The van der Waals surface area contributed by atoms with Gasteiger partial charge < -0.3 is 15.5 Å². The predicted molar refractivity (Wildman–Crippen MR) is 146 cm³/mol. The largest absolute Gasteiger partial charge is 0.354 e. The van der Waals surface area contributed by atoms with Crippen LogP contribution in [0.1, 0.15) is 45.6 Å². The number of aromatic nitrogens is 7. The van der Waals surface area contributed by atoms with Gasteiger partial charge in [-0.25, -0.2) is 23.4 Å². The van der Waals surface area contributed by atoms with Gasteiger partial charge in [-0.3, -0.25) is 4.68 Å². The fraction of sp³-hybridized carbons (Fsp3) is 0.480. The van der Waals surface area contributed by atoms with Gasteiger partial charge in [-0.15, -0.1) is 0 Å². The maximum atomic E-state index is 12.5. The molecular weight excluding hydrogens is 504 g/mol. The molecule has 38 heavy (non-hydrogen) atoms. The molecule has 0 unspecified atom stereocenters. The topological polar surface area (TPSA) is 136 Å². The van der Waals surface area contributed by atoms with Crippen LogP contribution in [0.15, 0.2) is 36.9 Å². The summed E-state index contributed by atoms with van der Waals surface area (Å²) in [6.45, 7) is 6.16. The number of rotatable bonds is 8. The zero-order valence-corrected chi connectivity index (χ0v) is 22.6. The first kappa shape index (κ1) is 24.7. The van der Waals surface area contributed by atoms with Crippen LogP contribution in [0.5, 0.6) is 0 Å². The zero-order chi connectivity index (χ0) is 26.4. The molecule has 0 radical (unpaired) electrons. The number of hydrogen-bond acceptors (Lipinski definition) is 10. The van der Waals surface area contributed by atoms with Crippen molar-refractivity contribution in [1.82, 2.24) is 39.2 Å². The second-order valence-corrected chi connectivity index (χ2v) is 12.3. The Bertz CT molecular complexity index is 1570. The molecule has 5 heterocycles. The molecule has 1 saturated carbocycles. The van der Waals surface area contributed by atoms with Gasteiger partial charge in [0.2, 0.25) is 0 Å². The van der Waals surface area contributed by atoms with Crippen LogP contribution in [0.25, 0.3) is 22.3 Å². The summed E-state index contributed by atoms with van der Waals surface area (Å²) in [5.74, 6) is 2.54. The highest BCUT2D eigenvalue weighted by atomic mass is 32.2. The van der Waals surface area contributed by atoms with Gasteiger partial charge >= 0.3 is 0 Å². The van der Waals surface area contributed by atoms with Crippen LogP contribution in [-0.2, 0) is 10.0 Å². The van der Waals surface area contributed by atoms with Gasteiger partial charge in [-0.1, -0.05) is 0 Å². The minimum absolute atomic E-state index is 0.186. The zero-order valence-electron chi connectivity index (χ0n) is 21.7. The van der Waals surface area contributed by atoms with Crippen LogP contribution in [0.4, 0.5) is 17.5 Å². The van der Waals surface area contributed by atoms with Crippen LogP contribution in [0.2, 0.25) is 0 Å². The third kappa shape index (κ3) is 4.60. The summed E-state index contributed by atoms with van der Waals surface area (Å²) < 4.78 is 28.0. The number of anilines is 3. The van der Waals surface area contributed by atoms with Crippen LogP contribution < -0.4 is 15.5 Å². The van der Waals surface area contributed by atoms with Gasteiger partial charge in [0, 0.05) is 43.6 Å². The van der Waals surface area contributed by atoms with Gasteiger partial charge in [0.1, 0.15) is 11.6 Å². The van der Waals surface area contributed by atoms with E-state index in [2.05, 4.69) is 49.4 Å². The number of pyridine rings is 1. The SMILES string of the molecule is CNC1CCN(c2nn(C(C)C)c3cc(Nc4ccnc(-c5cnn(S(=O)(=O)C6CC6)c5)n4)ncc23)CC1. The lowest BCUT2D eigenvalue weighted by atomic mass is 10.1. The Balaban J connectivity index is 1.26. The predicted octanol–water partition coefficient (Wildman–Crippen LogP) is 2.94. The van der Waals surface area contributed by atoms with E-state index in [1.54, 1.807) is 12.3 Å².